The molecule has 2 heterocycles. The molecule has 0 spiro atoms. The summed E-state index contributed by atoms with van der Waals surface area (Å²) in [6.45, 7) is 1.64. The molecular weight excluding hydrogens is 196 g/mol. The van der Waals surface area contributed by atoms with Gasteiger partial charge >= 0.3 is 0 Å². The average Bonchev–Trinajstić information content (AvgIpc) is 2.67. The quantitative estimate of drug-likeness (QED) is 0.670. The largest absolute Gasteiger partial charge is 0.376 e. The van der Waals surface area contributed by atoms with Crippen molar-refractivity contribution in [2.24, 2.45) is 0 Å². The summed E-state index contributed by atoms with van der Waals surface area (Å²) in [6.07, 6.45) is -0.238. The van der Waals surface area contributed by atoms with E-state index in [1.165, 1.54) is 0 Å². The highest BCUT2D eigenvalue weighted by atomic mass is 35.5. The highest BCUT2D eigenvalue weighted by Gasteiger charge is 2.22. The van der Waals surface area contributed by atoms with Gasteiger partial charge in [0.1, 0.15) is 0 Å². The van der Waals surface area contributed by atoms with Crippen molar-refractivity contribution in [3.8, 4) is 0 Å². The molecule has 5 nitrogen and oxygen atoms in total. The minimum absolute atomic E-state index is 0.238. The van der Waals surface area contributed by atoms with Crippen LogP contribution in [-0.2, 0) is 15.4 Å². The number of halogens is 1. The Morgan fingerprint density at radius 2 is 2.38 bits per heavy atom. The average molecular weight is 205 g/mol. The van der Waals surface area contributed by atoms with Crippen LogP contribution in [0.4, 0.5) is 0 Å². The van der Waals surface area contributed by atoms with Crippen molar-refractivity contribution in [2.45, 2.75) is 12.0 Å². The zero-order chi connectivity index (χ0) is 9.10. The van der Waals surface area contributed by atoms with Gasteiger partial charge in [0.05, 0.1) is 25.7 Å². The Bertz CT molecular complexity index is 272. The first kappa shape index (κ1) is 8.93. The summed E-state index contributed by atoms with van der Waals surface area (Å²) in [4.78, 5) is 4.04. The SMILES string of the molecule is ClCc1noc(C2COCCO2)n1. The van der Waals surface area contributed by atoms with E-state index in [4.69, 9.17) is 25.6 Å². The standard InChI is InChI=1S/C7H9ClN2O3/c8-3-6-9-7(13-10-6)5-4-11-1-2-12-5/h5H,1-4H2. The number of hydrogen-bond acceptors (Lipinski definition) is 5. The van der Waals surface area contributed by atoms with Crippen molar-refractivity contribution < 1.29 is 14.0 Å². The Hall–Kier alpha value is -0.650. The molecule has 1 saturated heterocycles. The van der Waals surface area contributed by atoms with Gasteiger partial charge in [-0.2, -0.15) is 4.98 Å². The van der Waals surface area contributed by atoms with Crippen LogP contribution in [0.2, 0.25) is 0 Å². The zero-order valence-corrected chi connectivity index (χ0v) is 7.66. The van der Waals surface area contributed by atoms with Crippen LogP contribution >= 0.6 is 11.6 Å². The normalized spacial score (nSPS) is 23.3. The summed E-state index contributed by atoms with van der Waals surface area (Å²) in [5.74, 6) is 1.16. The van der Waals surface area contributed by atoms with Gasteiger partial charge in [-0.05, 0) is 0 Å². The van der Waals surface area contributed by atoms with Gasteiger partial charge in [0.2, 0.25) is 0 Å². The van der Waals surface area contributed by atoms with E-state index in [1.54, 1.807) is 0 Å². The fraction of sp³-hybridized carbons (Fsp3) is 0.714. The Balaban J connectivity index is 2.05. The Morgan fingerprint density at radius 1 is 1.46 bits per heavy atom. The van der Waals surface area contributed by atoms with Crippen molar-refractivity contribution in [3.63, 3.8) is 0 Å². The molecule has 1 aromatic heterocycles. The van der Waals surface area contributed by atoms with Gasteiger partial charge in [-0.15, -0.1) is 11.6 Å². The van der Waals surface area contributed by atoms with E-state index in [1.807, 2.05) is 0 Å². The van der Waals surface area contributed by atoms with Crippen molar-refractivity contribution in [3.05, 3.63) is 11.7 Å². The predicted octanol–water partition coefficient (Wildman–Crippen LogP) is 0.896. The number of rotatable bonds is 2. The number of nitrogens with zero attached hydrogens (tertiary/aromatic N) is 2. The second-order valence-corrected chi connectivity index (χ2v) is 2.88. The molecule has 0 aromatic carbocycles. The van der Waals surface area contributed by atoms with Crippen molar-refractivity contribution in [1.82, 2.24) is 10.1 Å². The topological polar surface area (TPSA) is 57.4 Å². The smallest absolute Gasteiger partial charge is 0.258 e. The lowest BCUT2D eigenvalue weighted by molar-refractivity contribution is -0.101. The van der Waals surface area contributed by atoms with Crippen LogP contribution in [0.5, 0.6) is 0 Å². The third-order valence-electron chi connectivity index (χ3n) is 1.69. The lowest BCUT2D eigenvalue weighted by atomic mass is 10.3. The second kappa shape index (κ2) is 4.04. The number of hydrogen-bond donors (Lipinski definition) is 0. The van der Waals surface area contributed by atoms with Gasteiger partial charge in [-0.3, -0.25) is 0 Å². The molecule has 6 heteroatoms. The van der Waals surface area contributed by atoms with Crippen LogP contribution in [0, 0.1) is 0 Å². The molecule has 0 amide bonds. The molecule has 0 saturated carbocycles. The molecule has 0 aliphatic carbocycles. The molecule has 1 fully saturated rings. The summed E-state index contributed by atoms with van der Waals surface area (Å²) in [6, 6.07) is 0. The van der Waals surface area contributed by atoms with Gasteiger partial charge in [-0.25, -0.2) is 0 Å². The maximum absolute atomic E-state index is 5.52. The zero-order valence-electron chi connectivity index (χ0n) is 6.90. The summed E-state index contributed by atoms with van der Waals surface area (Å²) in [5.41, 5.74) is 0. The molecule has 1 aliphatic rings. The summed E-state index contributed by atoms with van der Waals surface area (Å²) in [7, 11) is 0. The van der Waals surface area contributed by atoms with Crippen LogP contribution in [-0.4, -0.2) is 30.0 Å². The first-order chi connectivity index (χ1) is 6.40. The lowest BCUT2D eigenvalue weighted by Crippen LogP contribution is -2.22. The Morgan fingerprint density at radius 3 is 3.00 bits per heavy atom. The van der Waals surface area contributed by atoms with E-state index in [9.17, 15) is 0 Å². The Kier molecular flexibility index (Phi) is 2.77. The first-order valence-corrected chi connectivity index (χ1v) is 4.51. The third kappa shape index (κ3) is 1.99. The molecule has 0 bridgehead atoms. The molecule has 13 heavy (non-hydrogen) atoms. The van der Waals surface area contributed by atoms with Gasteiger partial charge < -0.3 is 14.0 Å². The molecule has 1 atom stereocenters. The lowest BCUT2D eigenvalue weighted by Gasteiger charge is -2.19. The fourth-order valence-corrected chi connectivity index (χ4v) is 1.19. The van der Waals surface area contributed by atoms with Crippen LogP contribution in [0.25, 0.3) is 0 Å². The molecule has 0 radical (unpaired) electrons. The molecule has 1 aliphatic heterocycles. The second-order valence-electron chi connectivity index (χ2n) is 2.62. The van der Waals surface area contributed by atoms with Gasteiger partial charge in [0, 0.05) is 0 Å². The van der Waals surface area contributed by atoms with E-state index in [0.717, 1.165) is 0 Å². The van der Waals surface area contributed by atoms with Crippen LogP contribution in [0.1, 0.15) is 17.8 Å². The minimum atomic E-state index is -0.238. The highest BCUT2D eigenvalue weighted by Crippen LogP contribution is 2.18. The summed E-state index contributed by atoms with van der Waals surface area (Å²) >= 11 is 5.52. The fourth-order valence-electron chi connectivity index (χ4n) is 1.08. The summed E-state index contributed by atoms with van der Waals surface area (Å²) in [5, 5.41) is 3.66. The number of alkyl halides is 1. The first-order valence-electron chi connectivity index (χ1n) is 3.98. The third-order valence-corrected chi connectivity index (χ3v) is 1.93. The van der Waals surface area contributed by atoms with Gasteiger partial charge in [0.25, 0.3) is 5.89 Å². The van der Waals surface area contributed by atoms with E-state index >= 15 is 0 Å². The maximum atomic E-state index is 5.52. The molecule has 1 unspecified atom stereocenters. The van der Waals surface area contributed by atoms with Crippen molar-refractivity contribution in [1.29, 1.82) is 0 Å². The molecule has 2 rings (SSSR count). The molecule has 0 N–H and O–H groups in total. The summed E-state index contributed by atoms with van der Waals surface area (Å²) < 4.78 is 15.5. The number of ether oxygens (including phenoxy) is 2. The predicted molar refractivity (Wildman–Crippen MR) is 43.4 cm³/mol. The van der Waals surface area contributed by atoms with Crippen LogP contribution < -0.4 is 0 Å². The monoisotopic (exact) mass is 204 g/mol. The van der Waals surface area contributed by atoms with E-state index in [0.29, 0.717) is 31.5 Å². The minimum Gasteiger partial charge on any atom is -0.376 e. The van der Waals surface area contributed by atoms with Crippen molar-refractivity contribution >= 4 is 11.6 Å². The van der Waals surface area contributed by atoms with Crippen LogP contribution in [0.15, 0.2) is 4.52 Å². The van der Waals surface area contributed by atoms with Gasteiger partial charge in [0.15, 0.2) is 11.9 Å². The molecular formula is C7H9ClN2O3. The molecule has 1 aromatic rings. The van der Waals surface area contributed by atoms with E-state index in [2.05, 4.69) is 10.1 Å². The van der Waals surface area contributed by atoms with Gasteiger partial charge in [-0.1, -0.05) is 5.16 Å². The molecule has 72 valence electrons. The van der Waals surface area contributed by atoms with Crippen LogP contribution in [0.3, 0.4) is 0 Å². The maximum Gasteiger partial charge on any atom is 0.258 e. The van der Waals surface area contributed by atoms with E-state index in [-0.39, 0.29) is 12.0 Å². The van der Waals surface area contributed by atoms with Crippen molar-refractivity contribution in [2.75, 3.05) is 19.8 Å². The highest BCUT2D eigenvalue weighted by molar-refractivity contribution is 6.16. The Labute approximate surface area is 80.0 Å². The number of aromatic nitrogens is 2. The van der Waals surface area contributed by atoms with E-state index < -0.39 is 0 Å².